The van der Waals surface area contributed by atoms with Gasteiger partial charge >= 0.3 is 11.9 Å². The van der Waals surface area contributed by atoms with E-state index in [1.165, 1.54) is 19.8 Å². The molecule has 0 amide bonds. The van der Waals surface area contributed by atoms with E-state index < -0.39 is 5.41 Å². The summed E-state index contributed by atoms with van der Waals surface area (Å²) in [6.45, 7) is 4.36. The van der Waals surface area contributed by atoms with Gasteiger partial charge in [-0.2, -0.15) is 0 Å². The topological polar surface area (TPSA) is 72.8 Å². The summed E-state index contributed by atoms with van der Waals surface area (Å²) >= 11 is 0. The van der Waals surface area contributed by atoms with Crippen LogP contribution in [0, 0.1) is 28.6 Å². The van der Waals surface area contributed by atoms with Gasteiger partial charge in [-0.3, -0.25) is 9.59 Å². The van der Waals surface area contributed by atoms with E-state index in [0.29, 0.717) is 24.7 Å². The van der Waals surface area contributed by atoms with Crippen LogP contribution in [0.2, 0.25) is 0 Å². The van der Waals surface area contributed by atoms with E-state index in [1.54, 1.807) is 0 Å². The lowest BCUT2D eigenvalue weighted by atomic mass is 9.47. The Kier molecular flexibility index (Phi) is 5.72. The van der Waals surface area contributed by atoms with Crippen LogP contribution in [0.15, 0.2) is 11.6 Å². The van der Waals surface area contributed by atoms with Gasteiger partial charge in [-0.15, -0.1) is 0 Å². The molecule has 0 unspecified atom stereocenters. The molecule has 2 fully saturated rings. The van der Waals surface area contributed by atoms with E-state index in [4.69, 9.17) is 9.47 Å². The van der Waals surface area contributed by atoms with Crippen molar-refractivity contribution in [1.82, 2.24) is 0 Å². The second-order valence-electron chi connectivity index (χ2n) is 9.22. The van der Waals surface area contributed by atoms with Crippen molar-refractivity contribution in [2.45, 2.75) is 71.3 Å². The zero-order chi connectivity index (χ0) is 19.8. The van der Waals surface area contributed by atoms with Crippen molar-refractivity contribution in [3.63, 3.8) is 0 Å². The van der Waals surface area contributed by atoms with Gasteiger partial charge in [-0.05, 0) is 75.0 Å². The zero-order valence-electron chi connectivity index (χ0n) is 17.1. The van der Waals surface area contributed by atoms with E-state index in [1.807, 2.05) is 6.92 Å². The number of carbonyl (C=O) groups excluding carboxylic acids is 2. The van der Waals surface area contributed by atoms with Gasteiger partial charge in [0, 0.05) is 6.42 Å². The maximum Gasteiger partial charge on any atom is 0.311 e. The highest BCUT2D eigenvalue weighted by molar-refractivity contribution is 5.77. The van der Waals surface area contributed by atoms with Crippen molar-refractivity contribution >= 4 is 11.9 Å². The third kappa shape index (κ3) is 3.43. The molecular weight excluding hydrogens is 344 g/mol. The van der Waals surface area contributed by atoms with E-state index in [2.05, 4.69) is 13.0 Å². The highest BCUT2D eigenvalue weighted by Gasteiger charge is 2.57. The van der Waals surface area contributed by atoms with E-state index in [0.717, 1.165) is 38.5 Å². The van der Waals surface area contributed by atoms with Crippen molar-refractivity contribution in [3.8, 4) is 0 Å². The molecule has 5 nitrogen and oxygen atoms in total. The molecule has 0 aromatic heterocycles. The first-order valence-corrected chi connectivity index (χ1v) is 10.3. The van der Waals surface area contributed by atoms with Gasteiger partial charge in [-0.1, -0.05) is 18.6 Å². The van der Waals surface area contributed by atoms with Crippen LogP contribution in [0.1, 0.15) is 65.2 Å². The molecule has 3 rings (SSSR count). The molecule has 0 saturated heterocycles. The average molecular weight is 379 g/mol. The molecule has 3 aliphatic rings. The molecule has 152 valence electrons. The largest absolute Gasteiger partial charge is 0.469 e. The molecule has 0 spiro atoms. The van der Waals surface area contributed by atoms with Gasteiger partial charge in [0.25, 0.3) is 0 Å². The van der Waals surface area contributed by atoms with Crippen LogP contribution in [0.3, 0.4) is 0 Å². The smallest absolute Gasteiger partial charge is 0.311 e. The molecule has 1 N–H and O–H groups in total. The van der Waals surface area contributed by atoms with Crippen LogP contribution < -0.4 is 0 Å². The quantitative estimate of drug-likeness (QED) is 0.597. The van der Waals surface area contributed by atoms with E-state index in [9.17, 15) is 14.7 Å². The number of rotatable bonds is 4. The predicted molar refractivity (Wildman–Crippen MR) is 102 cm³/mol. The summed E-state index contributed by atoms with van der Waals surface area (Å²) in [6, 6.07) is 0. The van der Waals surface area contributed by atoms with Crippen molar-refractivity contribution in [2.24, 2.45) is 28.6 Å². The molecule has 3 aliphatic carbocycles. The molecule has 0 aromatic carbocycles. The van der Waals surface area contributed by atoms with Gasteiger partial charge in [0.1, 0.15) is 0 Å². The fourth-order valence-corrected chi connectivity index (χ4v) is 6.36. The SMILES string of the molecule is COC(=O)CC[C@@H]1[C@@H]2CC=C3C[C@H](O)CC[C@]3(C)[C@H]2CC[C@@]1(C)C(=O)OC. The summed E-state index contributed by atoms with van der Waals surface area (Å²) in [6.07, 6.45) is 8.41. The Morgan fingerprint density at radius 2 is 1.93 bits per heavy atom. The van der Waals surface area contributed by atoms with Crippen LogP contribution in [0.4, 0.5) is 0 Å². The number of aliphatic hydroxyl groups excluding tert-OH is 1. The first-order valence-electron chi connectivity index (χ1n) is 10.3. The van der Waals surface area contributed by atoms with E-state index in [-0.39, 0.29) is 29.4 Å². The predicted octanol–water partition coefficient (Wildman–Crippen LogP) is 3.64. The van der Waals surface area contributed by atoms with Crippen molar-refractivity contribution in [1.29, 1.82) is 0 Å². The van der Waals surface area contributed by atoms with Gasteiger partial charge in [0.05, 0.1) is 25.7 Å². The third-order valence-electron chi connectivity index (χ3n) is 8.01. The number of aliphatic hydroxyl groups is 1. The second kappa shape index (κ2) is 7.57. The van der Waals surface area contributed by atoms with Crippen LogP contribution in [-0.2, 0) is 19.1 Å². The lowest BCUT2D eigenvalue weighted by Crippen LogP contribution is -2.53. The van der Waals surface area contributed by atoms with Crippen LogP contribution in [-0.4, -0.2) is 37.4 Å². The number of carbonyl (C=O) groups is 2. The molecule has 0 heterocycles. The first kappa shape index (κ1) is 20.4. The lowest BCUT2D eigenvalue weighted by Gasteiger charge is -2.57. The number of fused-ring (bicyclic) bond motifs is 3. The Labute approximate surface area is 162 Å². The summed E-state index contributed by atoms with van der Waals surface area (Å²) in [5.74, 6) is 0.573. The highest BCUT2D eigenvalue weighted by Crippen LogP contribution is 2.62. The Morgan fingerprint density at radius 3 is 2.59 bits per heavy atom. The van der Waals surface area contributed by atoms with Crippen molar-refractivity contribution in [2.75, 3.05) is 14.2 Å². The Bertz CT molecular complexity index is 626. The maximum atomic E-state index is 12.7. The monoisotopic (exact) mass is 378 g/mol. The van der Waals surface area contributed by atoms with Gasteiger partial charge in [-0.25, -0.2) is 0 Å². The number of ether oxygens (including phenoxy) is 2. The fraction of sp³-hybridized carbons (Fsp3) is 0.818. The third-order valence-corrected chi connectivity index (χ3v) is 8.01. The molecule has 6 atom stereocenters. The van der Waals surface area contributed by atoms with Crippen LogP contribution >= 0.6 is 0 Å². The molecule has 5 heteroatoms. The van der Waals surface area contributed by atoms with Crippen LogP contribution in [0.5, 0.6) is 0 Å². The fourth-order valence-electron chi connectivity index (χ4n) is 6.36. The summed E-state index contributed by atoms with van der Waals surface area (Å²) in [5, 5.41) is 10.1. The van der Waals surface area contributed by atoms with Crippen molar-refractivity contribution in [3.05, 3.63) is 11.6 Å². The minimum Gasteiger partial charge on any atom is -0.469 e. The minimum absolute atomic E-state index is 0.100. The molecule has 0 radical (unpaired) electrons. The van der Waals surface area contributed by atoms with E-state index >= 15 is 0 Å². The Balaban J connectivity index is 1.92. The number of hydrogen-bond acceptors (Lipinski definition) is 5. The maximum absolute atomic E-state index is 12.7. The molecule has 27 heavy (non-hydrogen) atoms. The highest BCUT2D eigenvalue weighted by atomic mass is 16.5. The number of methoxy groups -OCH3 is 2. The Hall–Kier alpha value is -1.36. The molecule has 0 aliphatic heterocycles. The summed E-state index contributed by atoms with van der Waals surface area (Å²) in [5.41, 5.74) is 0.944. The molecule has 2 saturated carbocycles. The van der Waals surface area contributed by atoms with Gasteiger partial charge in [0.15, 0.2) is 0 Å². The summed E-state index contributed by atoms with van der Waals surface area (Å²) < 4.78 is 10.0. The molecule has 0 aromatic rings. The lowest BCUT2D eigenvalue weighted by molar-refractivity contribution is -0.165. The second-order valence-corrected chi connectivity index (χ2v) is 9.22. The average Bonchev–Trinajstić information content (AvgIpc) is 2.66. The zero-order valence-corrected chi connectivity index (χ0v) is 17.1. The van der Waals surface area contributed by atoms with Gasteiger partial charge < -0.3 is 14.6 Å². The number of hydrogen-bond donors (Lipinski definition) is 1. The molecular formula is C22H34O5. The summed E-state index contributed by atoms with van der Waals surface area (Å²) in [4.78, 5) is 24.5. The van der Waals surface area contributed by atoms with Crippen LogP contribution in [0.25, 0.3) is 0 Å². The number of allylic oxidation sites excluding steroid dienone is 1. The normalized spacial score (nSPS) is 41.0. The molecule has 0 bridgehead atoms. The minimum atomic E-state index is -0.556. The standard InChI is InChI=1S/C22H34O5/c1-21-11-9-15(23)13-14(21)5-6-16-17(7-8-19(24)26-3)22(2,20(25)27-4)12-10-18(16)21/h5,15-18,23H,6-13H2,1-4H3/t15-,16+,17-,18+,21+,22-/m1/s1. The summed E-state index contributed by atoms with van der Waals surface area (Å²) in [7, 11) is 2.87. The van der Waals surface area contributed by atoms with Gasteiger partial charge in [0.2, 0.25) is 0 Å². The Morgan fingerprint density at radius 1 is 1.19 bits per heavy atom. The first-order chi connectivity index (χ1) is 12.8. The van der Waals surface area contributed by atoms with Crippen molar-refractivity contribution < 1.29 is 24.2 Å². The number of esters is 2.